The normalized spacial score (nSPS) is 12.8. The number of aromatic hydroxyl groups is 1. The van der Waals surface area contributed by atoms with Gasteiger partial charge in [0.25, 0.3) is 0 Å². The number of phenolic OH excluding ortho intramolecular Hbond substituents is 1. The van der Waals surface area contributed by atoms with Crippen LogP contribution in [0.4, 0.5) is 5.69 Å². The van der Waals surface area contributed by atoms with Crippen LogP contribution in [0.2, 0.25) is 0 Å². The molecular formula is C26H33NO. The molecule has 0 saturated heterocycles. The first-order valence-electron chi connectivity index (χ1n) is 9.76. The molecule has 2 rings (SSSR count). The number of hydrogen-bond donors (Lipinski definition) is 1. The lowest BCUT2D eigenvalue weighted by Crippen LogP contribution is -2.17. The topological polar surface area (TPSA) is 32.6 Å². The van der Waals surface area contributed by atoms with Crippen LogP contribution in [0.1, 0.15) is 69.4 Å². The third kappa shape index (κ3) is 5.01. The summed E-state index contributed by atoms with van der Waals surface area (Å²) in [7, 11) is 0. The Balaban J connectivity index is 2.57. The number of hydrogen-bond acceptors (Lipinski definition) is 2. The van der Waals surface area contributed by atoms with Crippen LogP contribution in [0.15, 0.2) is 54.1 Å². The van der Waals surface area contributed by atoms with Gasteiger partial charge in [0.1, 0.15) is 5.75 Å². The Hall–Kier alpha value is -2.61. The molecule has 0 aliphatic heterocycles. The van der Waals surface area contributed by atoms with E-state index >= 15 is 0 Å². The fraction of sp³-hybridized carbons (Fsp3) is 0.346. The SMILES string of the molecule is C=C/C=C\c1cccc(N=Cc2cc(C(C)(C)C)cc(C(C)(C)C)c2O)c1C. The fourth-order valence-corrected chi connectivity index (χ4v) is 3.03. The summed E-state index contributed by atoms with van der Waals surface area (Å²) >= 11 is 0. The third-order valence-corrected chi connectivity index (χ3v) is 4.92. The van der Waals surface area contributed by atoms with E-state index < -0.39 is 0 Å². The van der Waals surface area contributed by atoms with Crippen molar-refractivity contribution in [1.29, 1.82) is 0 Å². The van der Waals surface area contributed by atoms with E-state index in [1.165, 1.54) is 5.56 Å². The Kier molecular flexibility index (Phi) is 6.34. The molecule has 0 radical (unpaired) electrons. The summed E-state index contributed by atoms with van der Waals surface area (Å²) in [6.07, 6.45) is 7.49. The number of aliphatic imine (C=N–C) groups is 1. The van der Waals surface area contributed by atoms with Crippen molar-refractivity contribution < 1.29 is 5.11 Å². The molecule has 0 saturated carbocycles. The number of rotatable bonds is 4. The van der Waals surface area contributed by atoms with Crippen molar-refractivity contribution in [1.82, 2.24) is 0 Å². The second kappa shape index (κ2) is 8.18. The van der Waals surface area contributed by atoms with Gasteiger partial charge in [-0.2, -0.15) is 0 Å². The van der Waals surface area contributed by atoms with Crippen molar-refractivity contribution in [3.63, 3.8) is 0 Å². The molecule has 0 aromatic heterocycles. The van der Waals surface area contributed by atoms with Crippen LogP contribution >= 0.6 is 0 Å². The molecular weight excluding hydrogens is 342 g/mol. The van der Waals surface area contributed by atoms with E-state index in [0.29, 0.717) is 5.75 Å². The van der Waals surface area contributed by atoms with E-state index in [1.54, 1.807) is 12.3 Å². The van der Waals surface area contributed by atoms with E-state index in [9.17, 15) is 5.11 Å². The quantitative estimate of drug-likeness (QED) is 0.443. The first kappa shape index (κ1) is 21.7. The molecule has 2 aromatic carbocycles. The van der Waals surface area contributed by atoms with Crippen LogP contribution in [0, 0.1) is 6.92 Å². The zero-order valence-electron chi connectivity index (χ0n) is 18.3. The van der Waals surface area contributed by atoms with Gasteiger partial charge in [-0.25, -0.2) is 0 Å². The van der Waals surface area contributed by atoms with Gasteiger partial charge in [-0.15, -0.1) is 0 Å². The van der Waals surface area contributed by atoms with E-state index in [-0.39, 0.29) is 10.8 Å². The van der Waals surface area contributed by atoms with Gasteiger partial charge >= 0.3 is 0 Å². The summed E-state index contributed by atoms with van der Waals surface area (Å²) in [5, 5.41) is 10.9. The number of allylic oxidation sites excluding steroid dienone is 2. The minimum absolute atomic E-state index is 0.0123. The molecule has 2 heteroatoms. The van der Waals surface area contributed by atoms with Crippen LogP contribution in [0.3, 0.4) is 0 Å². The number of nitrogens with zero attached hydrogens (tertiary/aromatic N) is 1. The Morgan fingerprint density at radius 3 is 2.21 bits per heavy atom. The van der Waals surface area contributed by atoms with Crippen molar-refractivity contribution in [3.05, 3.63) is 76.9 Å². The molecule has 0 unspecified atom stereocenters. The van der Waals surface area contributed by atoms with Crippen LogP contribution in [-0.2, 0) is 10.8 Å². The highest BCUT2D eigenvalue weighted by molar-refractivity contribution is 5.87. The average Bonchev–Trinajstić information content (AvgIpc) is 2.58. The van der Waals surface area contributed by atoms with Crippen molar-refractivity contribution in [3.8, 4) is 5.75 Å². The number of benzene rings is 2. The Morgan fingerprint density at radius 1 is 0.964 bits per heavy atom. The second-order valence-corrected chi connectivity index (χ2v) is 9.31. The molecule has 2 aromatic rings. The zero-order chi connectivity index (χ0) is 21.1. The highest BCUT2D eigenvalue weighted by Crippen LogP contribution is 2.37. The summed E-state index contributed by atoms with van der Waals surface area (Å²) in [5.74, 6) is 0.310. The summed E-state index contributed by atoms with van der Waals surface area (Å²) in [6.45, 7) is 18.7. The fourth-order valence-electron chi connectivity index (χ4n) is 3.03. The van der Waals surface area contributed by atoms with Crippen LogP contribution in [0.5, 0.6) is 5.75 Å². The van der Waals surface area contributed by atoms with Crippen molar-refractivity contribution in [2.45, 2.75) is 59.3 Å². The maximum absolute atomic E-state index is 10.9. The van der Waals surface area contributed by atoms with E-state index in [2.05, 4.69) is 67.2 Å². The van der Waals surface area contributed by atoms with Gasteiger partial charge < -0.3 is 5.11 Å². The highest BCUT2D eigenvalue weighted by Gasteiger charge is 2.24. The molecule has 0 bridgehead atoms. The van der Waals surface area contributed by atoms with Gasteiger partial charge in [0.05, 0.1) is 5.69 Å². The van der Waals surface area contributed by atoms with Gasteiger partial charge in [0.2, 0.25) is 0 Å². The smallest absolute Gasteiger partial charge is 0.128 e. The van der Waals surface area contributed by atoms with Gasteiger partial charge in [-0.05, 0) is 46.6 Å². The van der Waals surface area contributed by atoms with Crippen LogP contribution in [0.25, 0.3) is 6.08 Å². The van der Waals surface area contributed by atoms with E-state index in [1.807, 2.05) is 30.4 Å². The van der Waals surface area contributed by atoms with Crippen molar-refractivity contribution >= 4 is 18.0 Å². The average molecular weight is 376 g/mol. The molecule has 0 spiro atoms. The summed E-state index contributed by atoms with van der Waals surface area (Å²) in [4.78, 5) is 4.71. The largest absolute Gasteiger partial charge is 0.507 e. The maximum Gasteiger partial charge on any atom is 0.128 e. The van der Waals surface area contributed by atoms with E-state index in [0.717, 1.165) is 27.9 Å². The predicted octanol–water partition coefficient (Wildman–Crippen LogP) is 7.25. The lowest BCUT2D eigenvalue weighted by Gasteiger charge is -2.27. The zero-order valence-corrected chi connectivity index (χ0v) is 18.3. The Morgan fingerprint density at radius 2 is 1.64 bits per heavy atom. The van der Waals surface area contributed by atoms with Gasteiger partial charge in [0, 0.05) is 17.3 Å². The van der Waals surface area contributed by atoms with E-state index in [4.69, 9.17) is 4.99 Å². The molecule has 0 amide bonds. The van der Waals surface area contributed by atoms with Crippen molar-refractivity contribution in [2.75, 3.05) is 0 Å². The van der Waals surface area contributed by atoms with Crippen LogP contribution < -0.4 is 0 Å². The number of phenols is 1. The molecule has 0 aliphatic carbocycles. The van der Waals surface area contributed by atoms with Gasteiger partial charge in [-0.3, -0.25) is 4.99 Å². The van der Waals surface area contributed by atoms with Crippen LogP contribution in [-0.4, -0.2) is 11.3 Å². The molecule has 0 aliphatic rings. The van der Waals surface area contributed by atoms with Gasteiger partial charge in [0.15, 0.2) is 0 Å². The monoisotopic (exact) mass is 375 g/mol. The Bertz CT molecular complexity index is 919. The highest BCUT2D eigenvalue weighted by atomic mass is 16.3. The molecule has 28 heavy (non-hydrogen) atoms. The second-order valence-electron chi connectivity index (χ2n) is 9.31. The Labute approximate surface area is 170 Å². The lowest BCUT2D eigenvalue weighted by molar-refractivity contribution is 0.444. The molecule has 1 N–H and O–H groups in total. The molecule has 0 fully saturated rings. The lowest BCUT2D eigenvalue weighted by atomic mass is 9.79. The molecule has 2 nitrogen and oxygen atoms in total. The third-order valence-electron chi connectivity index (χ3n) is 4.92. The minimum Gasteiger partial charge on any atom is -0.507 e. The minimum atomic E-state index is -0.154. The van der Waals surface area contributed by atoms with Crippen molar-refractivity contribution in [2.24, 2.45) is 4.99 Å². The first-order chi connectivity index (χ1) is 12.9. The maximum atomic E-state index is 10.9. The predicted molar refractivity (Wildman–Crippen MR) is 123 cm³/mol. The molecule has 0 heterocycles. The first-order valence-corrected chi connectivity index (χ1v) is 9.76. The molecule has 0 atom stereocenters. The summed E-state index contributed by atoms with van der Waals surface area (Å²) in [5.41, 5.74) is 5.82. The summed E-state index contributed by atoms with van der Waals surface area (Å²) in [6, 6.07) is 10.2. The van der Waals surface area contributed by atoms with Gasteiger partial charge in [-0.1, -0.05) is 84.5 Å². The standard InChI is InChI=1S/C26H33NO/c1-9-10-12-19-13-11-14-23(18(19)2)27-17-20-15-21(25(3,4)5)16-22(24(20)28)26(6,7)8/h9-17,28H,1H2,2-8H3/b12-10-,27-17?. The summed E-state index contributed by atoms with van der Waals surface area (Å²) < 4.78 is 0. The molecule has 148 valence electrons.